The number of urea groups is 1. The third-order valence-electron chi connectivity index (χ3n) is 4.59. The fourth-order valence-electron chi connectivity index (χ4n) is 3.02. The van der Waals surface area contributed by atoms with Gasteiger partial charge in [0, 0.05) is 62.5 Å². The van der Waals surface area contributed by atoms with Crippen molar-refractivity contribution >= 4 is 27.6 Å². The number of rotatable bonds is 4. The largest absolute Gasteiger partial charge is 0.379 e. The van der Waals surface area contributed by atoms with Gasteiger partial charge >= 0.3 is 6.03 Å². The van der Waals surface area contributed by atoms with Crippen LogP contribution in [0.3, 0.4) is 0 Å². The predicted molar refractivity (Wildman–Crippen MR) is 98.4 cm³/mol. The Balaban J connectivity index is 1.38. The highest BCUT2D eigenvalue weighted by molar-refractivity contribution is 9.10. The second kappa shape index (κ2) is 8.80. The quantitative estimate of drug-likeness (QED) is 0.844. The number of hydrogen-bond donors (Lipinski definition) is 1. The molecule has 7 heteroatoms. The monoisotopic (exact) mass is 396 g/mol. The van der Waals surface area contributed by atoms with Crippen LogP contribution in [-0.2, 0) is 4.74 Å². The van der Waals surface area contributed by atoms with Gasteiger partial charge in [0.15, 0.2) is 0 Å². The molecule has 0 radical (unpaired) electrons. The molecule has 1 aromatic rings. The van der Waals surface area contributed by atoms with E-state index in [0.717, 1.165) is 75.7 Å². The SMILES string of the molecule is O=C(Nc1ccc(Br)cc1)N1CCN(CCN2CCOCC2)CC1. The predicted octanol–water partition coefficient (Wildman–Crippen LogP) is 1.93. The zero-order chi connectivity index (χ0) is 16.8. The van der Waals surface area contributed by atoms with Gasteiger partial charge in [-0.15, -0.1) is 0 Å². The number of anilines is 1. The second-order valence-corrected chi connectivity index (χ2v) is 7.14. The first-order valence-corrected chi connectivity index (χ1v) is 9.34. The summed E-state index contributed by atoms with van der Waals surface area (Å²) >= 11 is 3.40. The molecule has 1 N–H and O–H groups in total. The van der Waals surface area contributed by atoms with Crippen molar-refractivity contribution in [2.45, 2.75) is 0 Å². The van der Waals surface area contributed by atoms with Crippen LogP contribution in [0.1, 0.15) is 0 Å². The summed E-state index contributed by atoms with van der Waals surface area (Å²) in [4.78, 5) is 19.1. The standard InChI is InChI=1S/C17H25BrN4O2/c18-15-1-3-16(4-2-15)19-17(23)22-9-7-20(8-10-22)5-6-21-11-13-24-14-12-21/h1-4H,5-14H2,(H,19,23). The van der Waals surface area contributed by atoms with Crippen LogP contribution in [0.5, 0.6) is 0 Å². The third kappa shape index (κ3) is 5.17. The summed E-state index contributed by atoms with van der Waals surface area (Å²) in [5, 5.41) is 2.96. The Morgan fingerprint density at radius 2 is 1.54 bits per heavy atom. The maximum absolute atomic E-state index is 12.3. The molecule has 0 unspecified atom stereocenters. The molecule has 24 heavy (non-hydrogen) atoms. The lowest BCUT2D eigenvalue weighted by Crippen LogP contribution is -2.51. The summed E-state index contributed by atoms with van der Waals surface area (Å²) < 4.78 is 6.39. The Labute approximate surface area is 151 Å². The van der Waals surface area contributed by atoms with Gasteiger partial charge in [-0.3, -0.25) is 9.80 Å². The molecule has 132 valence electrons. The summed E-state index contributed by atoms with van der Waals surface area (Å²) in [6.07, 6.45) is 0. The summed E-state index contributed by atoms with van der Waals surface area (Å²) in [6, 6.07) is 7.66. The molecular formula is C17H25BrN4O2. The Hall–Kier alpha value is -1.15. The number of benzene rings is 1. The fraction of sp³-hybridized carbons (Fsp3) is 0.588. The molecule has 2 aliphatic heterocycles. The van der Waals surface area contributed by atoms with Crippen LogP contribution in [0.15, 0.2) is 28.7 Å². The normalized spacial score (nSPS) is 20.1. The molecular weight excluding hydrogens is 372 g/mol. The van der Waals surface area contributed by atoms with E-state index in [4.69, 9.17) is 4.74 Å². The van der Waals surface area contributed by atoms with Gasteiger partial charge in [0.1, 0.15) is 0 Å². The minimum atomic E-state index is -0.00912. The Bertz CT molecular complexity index is 526. The van der Waals surface area contributed by atoms with E-state index in [1.807, 2.05) is 29.2 Å². The van der Waals surface area contributed by atoms with Gasteiger partial charge < -0.3 is 15.0 Å². The van der Waals surface area contributed by atoms with Crippen molar-refractivity contribution < 1.29 is 9.53 Å². The van der Waals surface area contributed by atoms with Crippen LogP contribution in [-0.4, -0.2) is 86.3 Å². The van der Waals surface area contributed by atoms with Gasteiger partial charge in [0.25, 0.3) is 0 Å². The first-order valence-electron chi connectivity index (χ1n) is 8.55. The number of nitrogens with zero attached hydrogens (tertiary/aromatic N) is 3. The van der Waals surface area contributed by atoms with E-state index in [0.29, 0.717) is 0 Å². The van der Waals surface area contributed by atoms with Crippen LogP contribution in [0, 0.1) is 0 Å². The minimum Gasteiger partial charge on any atom is -0.379 e. The topological polar surface area (TPSA) is 48.1 Å². The van der Waals surface area contributed by atoms with Crippen LogP contribution in [0.4, 0.5) is 10.5 Å². The van der Waals surface area contributed by atoms with E-state index < -0.39 is 0 Å². The highest BCUT2D eigenvalue weighted by atomic mass is 79.9. The summed E-state index contributed by atoms with van der Waals surface area (Å²) in [6.45, 7) is 9.39. The van der Waals surface area contributed by atoms with Gasteiger partial charge in [-0.2, -0.15) is 0 Å². The van der Waals surface area contributed by atoms with Crippen molar-refractivity contribution in [3.05, 3.63) is 28.7 Å². The lowest BCUT2D eigenvalue weighted by Gasteiger charge is -2.36. The number of morpholine rings is 1. The highest BCUT2D eigenvalue weighted by Gasteiger charge is 2.21. The molecule has 3 rings (SSSR count). The lowest BCUT2D eigenvalue weighted by molar-refractivity contribution is 0.0311. The smallest absolute Gasteiger partial charge is 0.321 e. The van der Waals surface area contributed by atoms with Crippen molar-refractivity contribution in [1.29, 1.82) is 0 Å². The average Bonchev–Trinajstić information content (AvgIpc) is 2.63. The number of carbonyl (C=O) groups excluding carboxylic acids is 1. The van der Waals surface area contributed by atoms with E-state index in [9.17, 15) is 4.79 Å². The molecule has 2 aliphatic rings. The van der Waals surface area contributed by atoms with E-state index in [1.54, 1.807) is 0 Å². The van der Waals surface area contributed by atoms with Gasteiger partial charge in [0.05, 0.1) is 13.2 Å². The minimum absolute atomic E-state index is 0.00912. The van der Waals surface area contributed by atoms with Crippen molar-refractivity contribution in [3.8, 4) is 0 Å². The maximum atomic E-state index is 12.3. The van der Waals surface area contributed by atoms with Gasteiger partial charge in [-0.25, -0.2) is 4.79 Å². The molecule has 2 saturated heterocycles. The van der Waals surface area contributed by atoms with Crippen molar-refractivity contribution in [2.75, 3.05) is 70.9 Å². The average molecular weight is 397 g/mol. The maximum Gasteiger partial charge on any atom is 0.321 e. The van der Waals surface area contributed by atoms with Crippen molar-refractivity contribution in [2.24, 2.45) is 0 Å². The molecule has 0 bridgehead atoms. The number of piperazine rings is 1. The van der Waals surface area contributed by atoms with Crippen LogP contribution in [0.25, 0.3) is 0 Å². The van der Waals surface area contributed by atoms with E-state index in [-0.39, 0.29) is 6.03 Å². The molecule has 2 fully saturated rings. The number of ether oxygens (including phenoxy) is 1. The summed E-state index contributed by atoms with van der Waals surface area (Å²) in [5.74, 6) is 0. The number of nitrogens with one attached hydrogen (secondary N) is 1. The Kier molecular flexibility index (Phi) is 6.48. The van der Waals surface area contributed by atoms with Crippen LogP contribution < -0.4 is 5.32 Å². The zero-order valence-electron chi connectivity index (χ0n) is 13.9. The first-order chi connectivity index (χ1) is 11.7. The zero-order valence-corrected chi connectivity index (χ0v) is 15.5. The summed E-state index contributed by atoms with van der Waals surface area (Å²) in [5.41, 5.74) is 0.831. The van der Waals surface area contributed by atoms with E-state index >= 15 is 0 Å². The summed E-state index contributed by atoms with van der Waals surface area (Å²) in [7, 11) is 0. The molecule has 6 nitrogen and oxygen atoms in total. The first kappa shape index (κ1) is 17.7. The van der Waals surface area contributed by atoms with Crippen LogP contribution >= 0.6 is 15.9 Å². The van der Waals surface area contributed by atoms with Gasteiger partial charge in [-0.05, 0) is 24.3 Å². The third-order valence-corrected chi connectivity index (χ3v) is 5.12. The van der Waals surface area contributed by atoms with Gasteiger partial charge in [0.2, 0.25) is 0 Å². The number of carbonyl (C=O) groups is 1. The second-order valence-electron chi connectivity index (χ2n) is 6.22. The molecule has 0 saturated carbocycles. The lowest BCUT2D eigenvalue weighted by atomic mass is 10.3. The molecule has 0 aliphatic carbocycles. The highest BCUT2D eigenvalue weighted by Crippen LogP contribution is 2.15. The molecule has 1 aromatic carbocycles. The number of hydrogen-bond acceptors (Lipinski definition) is 4. The molecule has 0 aromatic heterocycles. The molecule has 2 heterocycles. The van der Waals surface area contributed by atoms with Crippen molar-refractivity contribution in [1.82, 2.24) is 14.7 Å². The van der Waals surface area contributed by atoms with Gasteiger partial charge in [-0.1, -0.05) is 15.9 Å². The molecule has 2 amide bonds. The number of halogens is 1. The van der Waals surface area contributed by atoms with E-state index in [2.05, 4.69) is 31.0 Å². The number of amides is 2. The van der Waals surface area contributed by atoms with Crippen molar-refractivity contribution in [3.63, 3.8) is 0 Å². The molecule has 0 atom stereocenters. The Morgan fingerprint density at radius 3 is 2.17 bits per heavy atom. The van der Waals surface area contributed by atoms with Crippen LogP contribution in [0.2, 0.25) is 0 Å². The fourth-order valence-corrected chi connectivity index (χ4v) is 3.28. The van der Waals surface area contributed by atoms with E-state index in [1.165, 1.54) is 0 Å². The molecule has 0 spiro atoms. The Morgan fingerprint density at radius 1 is 0.958 bits per heavy atom.